The third-order valence-corrected chi connectivity index (χ3v) is 2.76. The lowest BCUT2D eigenvalue weighted by Crippen LogP contribution is -2.05. The SMILES string of the molecule is CCOc1ccc(N=Cc2ccc(OC(C)C)cc2)cc1. The minimum absolute atomic E-state index is 0.188. The Morgan fingerprint density at radius 1 is 0.952 bits per heavy atom. The van der Waals surface area contributed by atoms with E-state index in [1.807, 2.05) is 75.5 Å². The Bertz CT molecular complexity index is 571. The van der Waals surface area contributed by atoms with E-state index in [4.69, 9.17) is 9.47 Å². The molecule has 0 amide bonds. The predicted molar refractivity (Wildman–Crippen MR) is 87.1 cm³/mol. The molecule has 0 aliphatic carbocycles. The first-order valence-corrected chi connectivity index (χ1v) is 7.21. The third kappa shape index (κ3) is 4.95. The summed E-state index contributed by atoms with van der Waals surface area (Å²) < 4.78 is 11.0. The van der Waals surface area contributed by atoms with Crippen molar-refractivity contribution in [3.63, 3.8) is 0 Å². The van der Waals surface area contributed by atoms with Crippen molar-refractivity contribution in [1.29, 1.82) is 0 Å². The van der Waals surface area contributed by atoms with Gasteiger partial charge in [0.15, 0.2) is 0 Å². The van der Waals surface area contributed by atoms with E-state index in [0.29, 0.717) is 6.61 Å². The second kappa shape index (κ2) is 7.48. The Labute approximate surface area is 126 Å². The van der Waals surface area contributed by atoms with Gasteiger partial charge in [-0.2, -0.15) is 0 Å². The topological polar surface area (TPSA) is 30.8 Å². The van der Waals surface area contributed by atoms with Crippen molar-refractivity contribution in [3.8, 4) is 11.5 Å². The lowest BCUT2D eigenvalue weighted by atomic mass is 10.2. The van der Waals surface area contributed by atoms with Crippen molar-refractivity contribution in [1.82, 2.24) is 0 Å². The van der Waals surface area contributed by atoms with Gasteiger partial charge in [-0.15, -0.1) is 0 Å². The number of rotatable bonds is 6. The van der Waals surface area contributed by atoms with E-state index < -0.39 is 0 Å². The van der Waals surface area contributed by atoms with Gasteiger partial charge in [-0.3, -0.25) is 4.99 Å². The molecule has 0 N–H and O–H groups in total. The van der Waals surface area contributed by atoms with Gasteiger partial charge >= 0.3 is 0 Å². The zero-order valence-electron chi connectivity index (χ0n) is 12.7. The van der Waals surface area contributed by atoms with E-state index in [-0.39, 0.29) is 6.10 Å². The quantitative estimate of drug-likeness (QED) is 0.724. The van der Waals surface area contributed by atoms with Crippen LogP contribution in [0.15, 0.2) is 53.5 Å². The van der Waals surface area contributed by atoms with Crippen LogP contribution >= 0.6 is 0 Å². The molecule has 0 fully saturated rings. The van der Waals surface area contributed by atoms with Crippen LogP contribution < -0.4 is 9.47 Å². The molecular weight excluding hydrogens is 262 g/mol. The Hall–Kier alpha value is -2.29. The maximum absolute atomic E-state index is 5.61. The Balaban J connectivity index is 1.99. The second-order valence-corrected chi connectivity index (χ2v) is 4.92. The Morgan fingerprint density at radius 3 is 2.14 bits per heavy atom. The molecule has 0 unspecified atom stereocenters. The maximum Gasteiger partial charge on any atom is 0.119 e. The number of nitrogens with zero attached hydrogens (tertiary/aromatic N) is 1. The van der Waals surface area contributed by atoms with Gasteiger partial charge in [0, 0.05) is 6.21 Å². The van der Waals surface area contributed by atoms with E-state index in [9.17, 15) is 0 Å². The smallest absolute Gasteiger partial charge is 0.119 e. The summed E-state index contributed by atoms with van der Waals surface area (Å²) in [4.78, 5) is 4.45. The average molecular weight is 283 g/mol. The molecule has 3 heteroatoms. The molecule has 0 aliphatic heterocycles. The van der Waals surface area contributed by atoms with Crippen molar-refractivity contribution < 1.29 is 9.47 Å². The first-order chi connectivity index (χ1) is 10.2. The van der Waals surface area contributed by atoms with Crippen LogP contribution in [0, 0.1) is 0 Å². The van der Waals surface area contributed by atoms with Crippen LogP contribution in [0.2, 0.25) is 0 Å². The summed E-state index contributed by atoms with van der Waals surface area (Å²) in [6, 6.07) is 15.6. The molecule has 0 atom stereocenters. The van der Waals surface area contributed by atoms with Crippen molar-refractivity contribution in [2.24, 2.45) is 4.99 Å². The van der Waals surface area contributed by atoms with Crippen molar-refractivity contribution in [2.45, 2.75) is 26.9 Å². The highest BCUT2D eigenvalue weighted by molar-refractivity contribution is 5.82. The Morgan fingerprint density at radius 2 is 1.57 bits per heavy atom. The average Bonchev–Trinajstić information content (AvgIpc) is 2.48. The predicted octanol–water partition coefficient (Wildman–Crippen LogP) is 4.62. The number of hydrogen-bond donors (Lipinski definition) is 0. The molecule has 0 radical (unpaired) electrons. The van der Waals surface area contributed by atoms with Gasteiger partial charge in [-0.25, -0.2) is 0 Å². The van der Waals surface area contributed by atoms with Gasteiger partial charge in [0.25, 0.3) is 0 Å². The molecule has 2 aromatic rings. The minimum atomic E-state index is 0.188. The van der Waals surface area contributed by atoms with Crippen LogP contribution in [0.3, 0.4) is 0 Å². The van der Waals surface area contributed by atoms with Crippen LogP contribution in [0.1, 0.15) is 26.3 Å². The standard InChI is InChI=1S/C18H21NO2/c1-4-20-17-11-7-16(8-12-17)19-13-15-5-9-18(10-6-15)21-14(2)3/h5-14H,4H2,1-3H3. The fraction of sp³-hybridized carbons (Fsp3) is 0.278. The van der Waals surface area contributed by atoms with E-state index >= 15 is 0 Å². The highest BCUT2D eigenvalue weighted by Crippen LogP contribution is 2.18. The number of aliphatic imine (C=N–C) groups is 1. The molecule has 110 valence electrons. The molecule has 0 saturated carbocycles. The molecule has 0 spiro atoms. The van der Waals surface area contributed by atoms with E-state index in [1.165, 1.54) is 0 Å². The van der Waals surface area contributed by atoms with Crippen molar-refractivity contribution >= 4 is 11.9 Å². The van der Waals surface area contributed by atoms with Crippen LogP contribution in [0.5, 0.6) is 11.5 Å². The maximum atomic E-state index is 5.61. The monoisotopic (exact) mass is 283 g/mol. The van der Waals surface area contributed by atoms with Gasteiger partial charge in [0.2, 0.25) is 0 Å². The highest BCUT2D eigenvalue weighted by Gasteiger charge is 1.97. The molecule has 2 rings (SSSR count). The second-order valence-electron chi connectivity index (χ2n) is 4.92. The summed E-state index contributed by atoms with van der Waals surface area (Å²) in [5.41, 5.74) is 1.95. The highest BCUT2D eigenvalue weighted by atomic mass is 16.5. The third-order valence-electron chi connectivity index (χ3n) is 2.76. The molecule has 0 saturated heterocycles. The largest absolute Gasteiger partial charge is 0.494 e. The fourth-order valence-electron chi connectivity index (χ4n) is 1.85. The number of benzene rings is 2. The van der Waals surface area contributed by atoms with Gasteiger partial charge in [-0.05, 0) is 74.9 Å². The van der Waals surface area contributed by atoms with Gasteiger partial charge in [0.05, 0.1) is 18.4 Å². The van der Waals surface area contributed by atoms with Crippen LogP contribution in [-0.4, -0.2) is 18.9 Å². The van der Waals surface area contributed by atoms with Crippen LogP contribution in [0.4, 0.5) is 5.69 Å². The van der Waals surface area contributed by atoms with Crippen LogP contribution in [0.25, 0.3) is 0 Å². The first-order valence-electron chi connectivity index (χ1n) is 7.21. The molecule has 0 heterocycles. The van der Waals surface area contributed by atoms with Crippen molar-refractivity contribution in [3.05, 3.63) is 54.1 Å². The lowest BCUT2D eigenvalue weighted by molar-refractivity contribution is 0.242. The van der Waals surface area contributed by atoms with Gasteiger partial charge < -0.3 is 9.47 Å². The molecule has 0 aliphatic rings. The Kier molecular flexibility index (Phi) is 5.38. The van der Waals surface area contributed by atoms with Crippen molar-refractivity contribution in [2.75, 3.05) is 6.61 Å². The van der Waals surface area contributed by atoms with Crippen LogP contribution in [-0.2, 0) is 0 Å². The molecule has 2 aromatic carbocycles. The minimum Gasteiger partial charge on any atom is -0.494 e. The first kappa shape index (κ1) is 15.1. The normalized spacial score (nSPS) is 11.0. The fourth-order valence-corrected chi connectivity index (χ4v) is 1.85. The lowest BCUT2D eigenvalue weighted by Gasteiger charge is -2.09. The van der Waals surface area contributed by atoms with E-state index in [0.717, 1.165) is 22.7 Å². The summed E-state index contributed by atoms with van der Waals surface area (Å²) in [5, 5.41) is 0. The van der Waals surface area contributed by atoms with E-state index in [2.05, 4.69) is 4.99 Å². The summed E-state index contributed by atoms with van der Waals surface area (Å²) in [5.74, 6) is 1.75. The summed E-state index contributed by atoms with van der Waals surface area (Å²) >= 11 is 0. The zero-order chi connectivity index (χ0) is 15.1. The summed E-state index contributed by atoms with van der Waals surface area (Å²) in [6.45, 7) is 6.68. The number of ether oxygens (including phenoxy) is 2. The van der Waals surface area contributed by atoms with Gasteiger partial charge in [-0.1, -0.05) is 0 Å². The summed E-state index contributed by atoms with van der Waals surface area (Å²) in [7, 11) is 0. The van der Waals surface area contributed by atoms with Gasteiger partial charge in [0.1, 0.15) is 11.5 Å². The molecule has 0 aromatic heterocycles. The molecule has 21 heavy (non-hydrogen) atoms. The molecule has 3 nitrogen and oxygen atoms in total. The number of hydrogen-bond acceptors (Lipinski definition) is 3. The molecular formula is C18H21NO2. The molecule has 0 bridgehead atoms. The van der Waals surface area contributed by atoms with E-state index in [1.54, 1.807) is 0 Å². The summed E-state index contributed by atoms with van der Waals surface area (Å²) in [6.07, 6.45) is 2.03. The zero-order valence-corrected chi connectivity index (χ0v) is 12.7.